The molecule has 0 spiro atoms. The lowest BCUT2D eigenvalue weighted by Gasteiger charge is -2.25. The number of esters is 3. The summed E-state index contributed by atoms with van der Waals surface area (Å²) in [4.78, 5) is 164. The number of nitrogens with one attached hydrogen (secondary N) is 3. The quantitative estimate of drug-likeness (QED) is 0.0160. The number of nitrogens with zero attached hydrogens (tertiary/aromatic N) is 2. The fourth-order valence-electron chi connectivity index (χ4n) is 7.37. The zero-order chi connectivity index (χ0) is 73.7. The van der Waals surface area contributed by atoms with Crippen molar-refractivity contribution in [3.05, 3.63) is 84.0 Å². The van der Waals surface area contributed by atoms with Crippen LogP contribution in [0, 0.1) is 35.5 Å². The van der Waals surface area contributed by atoms with Gasteiger partial charge in [-0.25, -0.2) is 24.2 Å². The minimum atomic E-state index is -1.15. The number of hydrogen-bond acceptors (Lipinski definition) is 18. The highest BCUT2D eigenvalue weighted by molar-refractivity contribution is 14.1. The van der Waals surface area contributed by atoms with Gasteiger partial charge in [0.2, 0.25) is 17.7 Å². The number of carbonyl (C=O) groups is 14. The van der Waals surface area contributed by atoms with Gasteiger partial charge in [-0.3, -0.25) is 52.7 Å². The molecule has 0 radical (unpaired) electrons. The van der Waals surface area contributed by atoms with Gasteiger partial charge in [0.25, 0.3) is 23.6 Å². The Hall–Kier alpha value is -8.01. The van der Waals surface area contributed by atoms with Crippen molar-refractivity contribution < 1.29 is 91.5 Å². The lowest BCUT2D eigenvalue weighted by Crippen LogP contribution is -2.50. The van der Waals surface area contributed by atoms with Crippen LogP contribution < -0.4 is 31.5 Å². The van der Waals surface area contributed by atoms with Crippen LogP contribution in [0.1, 0.15) is 186 Å². The molecular weight excluding hydrogens is 1330 g/mol. The van der Waals surface area contributed by atoms with Crippen molar-refractivity contribution in [3.8, 4) is 0 Å². The van der Waals surface area contributed by atoms with E-state index >= 15 is 0 Å². The summed E-state index contributed by atoms with van der Waals surface area (Å²) in [5.74, 6) is -7.61. The van der Waals surface area contributed by atoms with Crippen molar-refractivity contribution in [1.82, 2.24) is 16.0 Å². The van der Waals surface area contributed by atoms with E-state index in [9.17, 15) is 67.1 Å². The molecule has 524 valence electrons. The molecule has 6 atom stereocenters. The Bertz CT molecular complexity index is 2970. The SMILES string of the molecule is CC.CC(C)C(=O)OC(C)(C)C.CC(C)[C@H](CC(=O)CI)C(=O)N[C@@H](C)C(=O)OC(C)(C)C.CC(C)[C@H](CC(=O)c1ccc(N2C(=O)C=CC2=O)cc1)C(=O)N[C@@H](C)C(=O)O.CC(C)[C@H](N)C(=O)N[C@@H](C)C(=O)OC(C)(C)C.O=C(O)c1ccc(N2C(=O)C=CC2=O)cc1. The average Bonchev–Trinajstić information content (AvgIpc) is 1.63. The predicted molar refractivity (Wildman–Crippen MR) is 364 cm³/mol. The van der Waals surface area contributed by atoms with Crippen LogP contribution in [-0.2, 0) is 71.7 Å². The third kappa shape index (κ3) is 33.7. The van der Waals surface area contributed by atoms with Gasteiger partial charge in [0.15, 0.2) is 5.78 Å². The van der Waals surface area contributed by atoms with Crippen LogP contribution in [0.15, 0.2) is 72.8 Å². The van der Waals surface area contributed by atoms with Gasteiger partial charge >= 0.3 is 29.8 Å². The largest absolute Gasteiger partial charge is 0.480 e. The minimum absolute atomic E-state index is 0.0285. The van der Waals surface area contributed by atoms with Crippen molar-refractivity contribution in [2.45, 2.75) is 206 Å². The molecule has 2 aliphatic heterocycles. The van der Waals surface area contributed by atoms with E-state index in [-0.39, 0.29) is 77.0 Å². The zero-order valence-corrected chi connectivity index (χ0v) is 60.7. The third-order valence-electron chi connectivity index (χ3n) is 12.6. The number of ether oxygens (including phenoxy) is 3. The molecule has 0 unspecified atom stereocenters. The summed E-state index contributed by atoms with van der Waals surface area (Å²) in [6.45, 7) is 39.5. The van der Waals surface area contributed by atoms with Crippen LogP contribution >= 0.6 is 22.6 Å². The fraction of sp³-hybridized carbons (Fsp3) is 0.559. The predicted octanol–water partition coefficient (Wildman–Crippen LogP) is 8.69. The number of amides is 7. The fourth-order valence-corrected chi connectivity index (χ4v) is 7.68. The Morgan fingerprint density at radius 3 is 1.05 bits per heavy atom. The number of nitrogens with two attached hydrogens (primary N) is 1. The highest BCUT2D eigenvalue weighted by atomic mass is 127. The van der Waals surface area contributed by atoms with Gasteiger partial charge in [-0.15, -0.1) is 0 Å². The van der Waals surface area contributed by atoms with Crippen LogP contribution in [0.3, 0.4) is 0 Å². The van der Waals surface area contributed by atoms with Gasteiger partial charge in [-0.1, -0.05) is 91.8 Å². The number of rotatable bonds is 22. The number of aliphatic carboxylic acids is 1. The number of carboxylic acid groups (broad SMARTS) is 2. The number of imide groups is 2. The molecule has 2 aromatic rings. The van der Waals surface area contributed by atoms with Crippen LogP contribution in [0.2, 0.25) is 0 Å². The molecule has 25 nitrogen and oxygen atoms in total. The van der Waals surface area contributed by atoms with Gasteiger partial charge in [0.1, 0.15) is 40.7 Å². The second-order valence-corrected chi connectivity index (χ2v) is 26.6. The molecule has 0 bridgehead atoms. The number of aromatic carboxylic acids is 1. The Labute approximate surface area is 567 Å². The Morgan fingerprint density at radius 2 is 0.777 bits per heavy atom. The monoisotopic (exact) mass is 1430 g/mol. The molecular formula is C68H101IN6O19. The molecule has 7 amide bonds. The van der Waals surface area contributed by atoms with Gasteiger partial charge in [-0.05, 0) is 149 Å². The number of carbonyl (C=O) groups excluding carboxylic acids is 12. The van der Waals surface area contributed by atoms with E-state index in [1.807, 2.05) is 98.8 Å². The number of Topliss-reactive ketones (excluding diaryl/α,β-unsaturated/α-hetero) is 2. The van der Waals surface area contributed by atoms with Crippen LogP contribution in [0.5, 0.6) is 0 Å². The first-order valence-corrected chi connectivity index (χ1v) is 32.3. The first-order chi connectivity index (χ1) is 43.0. The standard InChI is InChI=1S/C20H22N2O6.C15H26INO4.C12H24N2O3.C11H7NO4.C8H16O2.C2H6/c1-11(2)15(19(26)21-12(3)20(27)28)10-16(23)13-4-6-14(7-5-13)22-17(24)8-9-18(22)25;1-9(2)12(7-11(18)8-16)13(19)17-10(3)14(20)21-15(4,5)6;1-7(2)9(13)10(15)14-8(3)11(16)17-12(4,5)6;13-9-5-6-10(14)12(9)8-3-1-7(2-4-8)11(15)16;1-6(2)7(9)10-8(3,4)5;1-2/h4-9,11-12,15H,10H2,1-3H3,(H,21,26)(H,27,28);9-10,12H,7-8H2,1-6H3,(H,17,19);7-9H,13H2,1-6H3,(H,14,15);1-6H,(H,15,16);6H,1-5H3;1-2H3/t12-,15-;10-,12-;8-,9-;;;/m000.../s1. The number of alkyl halides is 1. The first-order valence-electron chi connectivity index (χ1n) is 30.8. The van der Waals surface area contributed by atoms with E-state index < -0.39 is 101 Å². The molecule has 94 heavy (non-hydrogen) atoms. The lowest BCUT2D eigenvalue weighted by molar-refractivity contribution is -0.159. The number of ketones is 2. The molecule has 0 fully saturated rings. The summed E-state index contributed by atoms with van der Waals surface area (Å²) >= 11 is 1.99. The Morgan fingerprint density at radius 1 is 0.468 bits per heavy atom. The maximum Gasteiger partial charge on any atom is 0.335 e. The minimum Gasteiger partial charge on any atom is -0.480 e. The van der Waals surface area contributed by atoms with Crippen molar-refractivity contribution in [2.24, 2.45) is 41.2 Å². The molecule has 0 saturated heterocycles. The van der Waals surface area contributed by atoms with E-state index in [1.54, 1.807) is 69.2 Å². The number of benzene rings is 2. The Balaban J connectivity index is 0. The third-order valence-corrected chi connectivity index (χ3v) is 13.4. The molecule has 0 aliphatic carbocycles. The highest BCUT2D eigenvalue weighted by Gasteiger charge is 2.32. The van der Waals surface area contributed by atoms with Crippen LogP contribution in [0.25, 0.3) is 0 Å². The van der Waals surface area contributed by atoms with Gasteiger partial charge in [0, 0.05) is 54.5 Å². The molecule has 4 rings (SSSR count). The summed E-state index contributed by atoms with van der Waals surface area (Å²) < 4.78 is 15.8. The summed E-state index contributed by atoms with van der Waals surface area (Å²) in [6.07, 6.45) is 4.81. The second-order valence-electron chi connectivity index (χ2n) is 25.8. The van der Waals surface area contributed by atoms with Gasteiger partial charge < -0.3 is 46.1 Å². The number of anilines is 2. The molecule has 26 heteroatoms. The van der Waals surface area contributed by atoms with Crippen LogP contribution in [0.4, 0.5) is 11.4 Å². The number of carboxylic acids is 2. The number of halogens is 1. The molecule has 2 aliphatic rings. The highest BCUT2D eigenvalue weighted by Crippen LogP contribution is 2.24. The summed E-state index contributed by atoms with van der Waals surface area (Å²) in [5, 5.41) is 25.2. The lowest BCUT2D eigenvalue weighted by atomic mass is 9.88. The summed E-state index contributed by atoms with van der Waals surface area (Å²) in [6, 6.07) is 8.43. The zero-order valence-electron chi connectivity index (χ0n) is 58.5. The van der Waals surface area contributed by atoms with Crippen molar-refractivity contribution in [2.75, 3.05) is 14.2 Å². The smallest absolute Gasteiger partial charge is 0.335 e. The summed E-state index contributed by atoms with van der Waals surface area (Å²) in [5.41, 5.74) is 5.33. The topological polar surface area (TPSA) is 376 Å². The second kappa shape index (κ2) is 41.0. The first kappa shape index (κ1) is 88.0. The molecule has 7 N–H and O–H groups in total. The molecule has 0 aromatic heterocycles. The van der Waals surface area contributed by atoms with E-state index in [1.165, 1.54) is 79.8 Å². The maximum atomic E-state index is 12.6. The van der Waals surface area contributed by atoms with Crippen molar-refractivity contribution in [1.29, 1.82) is 0 Å². The van der Waals surface area contributed by atoms with Gasteiger partial charge in [0.05, 0.1) is 33.3 Å². The van der Waals surface area contributed by atoms with E-state index in [4.69, 9.17) is 30.2 Å². The molecule has 2 aromatic carbocycles. The summed E-state index contributed by atoms with van der Waals surface area (Å²) in [7, 11) is 0. The average molecular weight is 1430 g/mol. The van der Waals surface area contributed by atoms with Gasteiger partial charge in [-0.2, -0.15) is 0 Å². The molecule has 0 saturated carbocycles. The maximum absolute atomic E-state index is 12.6. The van der Waals surface area contributed by atoms with Crippen molar-refractivity contribution in [3.63, 3.8) is 0 Å². The van der Waals surface area contributed by atoms with Crippen molar-refractivity contribution >= 4 is 117 Å². The van der Waals surface area contributed by atoms with E-state index in [0.717, 1.165) is 9.80 Å². The number of hydrogen-bond donors (Lipinski definition) is 6. The normalized spacial score (nSPS) is 14.5. The Kier molecular flexibility index (Phi) is 38.4. The van der Waals surface area contributed by atoms with E-state index in [2.05, 4.69) is 16.0 Å². The van der Waals surface area contributed by atoms with E-state index in [0.29, 0.717) is 21.4 Å². The molecule has 2 heterocycles. The van der Waals surface area contributed by atoms with Crippen LogP contribution in [-0.4, -0.2) is 138 Å².